The van der Waals surface area contributed by atoms with Crippen LogP contribution in [0, 0.1) is 17.3 Å². The monoisotopic (exact) mass is 242 g/mol. The van der Waals surface area contributed by atoms with E-state index in [9.17, 15) is 19.8 Å². The predicted octanol–water partition coefficient (Wildman–Crippen LogP) is 0.939. The average Bonchev–Trinajstić information content (AvgIpc) is 2.47. The number of hydrogen-bond donors (Lipinski definition) is 2. The molecule has 0 saturated heterocycles. The highest BCUT2D eigenvalue weighted by molar-refractivity contribution is 5.83. The zero-order valence-corrected chi connectivity index (χ0v) is 10.7. The molecule has 0 spiro atoms. The quantitative estimate of drug-likeness (QED) is 0.719. The summed E-state index contributed by atoms with van der Waals surface area (Å²) in [4.78, 5) is 22.6. The van der Waals surface area contributed by atoms with E-state index in [0.29, 0.717) is 19.1 Å². The van der Waals surface area contributed by atoms with Crippen LogP contribution in [0.1, 0.15) is 40.0 Å². The van der Waals surface area contributed by atoms with E-state index in [1.54, 1.807) is 0 Å². The first-order valence-electron chi connectivity index (χ1n) is 6.12. The van der Waals surface area contributed by atoms with E-state index in [1.807, 2.05) is 20.8 Å². The van der Waals surface area contributed by atoms with E-state index >= 15 is 0 Å². The highest BCUT2D eigenvalue weighted by Gasteiger charge is 2.41. The van der Waals surface area contributed by atoms with Crippen molar-refractivity contribution in [3.05, 3.63) is 0 Å². The van der Waals surface area contributed by atoms with E-state index in [4.69, 9.17) is 0 Å². The number of aliphatic hydroxyl groups excluding tert-OH is 2. The van der Waals surface area contributed by atoms with E-state index in [2.05, 4.69) is 0 Å². The highest BCUT2D eigenvalue weighted by atomic mass is 16.3. The van der Waals surface area contributed by atoms with Crippen molar-refractivity contribution in [3.8, 4) is 0 Å². The summed E-state index contributed by atoms with van der Waals surface area (Å²) in [6.07, 6.45) is 0.315. The first kappa shape index (κ1) is 14.3. The van der Waals surface area contributed by atoms with Crippen LogP contribution in [0.2, 0.25) is 0 Å². The maximum absolute atomic E-state index is 11.8. The summed E-state index contributed by atoms with van der Waals surface area (Å²) < 4.78 is 0. The van der Waals surface area contributed by atoms with E-state index < -0.39 is 23.5 Å². The van der Waals surface area contributed by atoms with E-state index in [0.717, 1.165) is 0 Å². The van der Waals surface area contributed by atoms with Crippen molar-refractivity contribution in [1.82, 2.24) is 0 Å². The minimum atomic E-state index is -0.766. The lowest BCUT2D eigenvalue weighted by Crippen LogP contribution is -2.26. The fraction of sp³-hybridized carbons (Fsp3) is 0.846. The van der Waals surface area contributed by atoms with Gasteiger partial charge in [-0.3, -0.25) is 4.79 Å². The SMILES string of the molecule is CC(C)(C)C(=O)CC[C@H]1[C@@H](C=O)[C@H](O)C[C@@H]1O. The lowest BCUT2D eigenvalue weighted by molar-refractivity contribution is -0.127. The molecule has 98 valence electrons. The Morgan fingerprint density at radius 1 is 1.29 bits per heavy atom. The third kappa shape index (κ3) is 3.36. The minimum absolute atomic E-state index is 0.121. The summed E-state index contributed by atoms with van der Waals surface area (Å²) >= 11 is 0. The Kier molecular flexibility index (Phi) is 4.44. The third-order valence-electron chi connectivity index (χ3n) is 3.61. The van der Waals surface area contributed by atoms with Crippen molar-refractivity contribution < 1.29 is 19.8 Å². The zero-order valence-electron chi connectivity index (χ0n) is 10.7. The van der Waals surface area contributed by atoms with Crippen LogP contribution in [0.15, 0.2) is 0 Å². The summed E-state index contributed by atoms with van der Waals surface area (Å²) in [5.74, 6) is -0.692. The summed E-state index contributed by atoms with van der Waals surface area (Å²) in [6, 6.07) is 0. The van der Waals surface area contributed by atoms with Gasteiger partial charge in [0.05, 0.1) is 12.2 Å². The molecule has 1 fully saturated rings. The van der Waals surface area contributed by atoms with Crippen molar-refractivity contribution in [2.24, 2.45) is 17.3 Å². The summed E-state index contributed by atoms with van der Waals surface area (Å²) in [7, 11) is 0. The maximum atomic E-state index is 11.8. The van der Waals surface area contributed by atoms with Gasteiger partial charge < -0.3 is 15.0 Å². The minimum Gasteiger partial charge on any atom is -0.393 e. The first-order chi connectivity index (χ1) is 7.77. The van der Waals surface area contributed by atoms with E-state index in [1.165, 1.54) is 0 Å². The summed E-state index contributed by atoms with van der Waals surface area (Å²) in [6.45, 7) is 5.56. The second-order valence-electron chi connectivity index (χ2n) is 5.96. The molecule has 4 atom stereocenters. The van der Waals surface area contributed by atoms with Crippen LogP contribution in [-0.2, 0) is 9.59 Å². The molecule has 1 aliphatic carbocycles. The Labute approximate surface area is 102 Å². The van der Waals surface area contributed by atoms with Crippen LogP contribution in [0.4, 0.5) is 0 Å². The molecule has 0 aromatic heterocycles. The van der Waals surface area contributed by atoms with Crippen LogP contribution in [-0.4, -0.2) is 34.5 Å². The van der Waals surface area contributed by atoms with Gasteiger partial charge in [-0.15, -0.1) is 0 Å². The molecule has 0 aromatic rings. The number of Topliss-reactive ketones (excluding diaryl/α,β-unsaturated/α-hetero) is 1. The van der Waals surface area contributed by atoms with Crippen molar-refractivity contribution in [3.63, 3.8) is 0 Å². The fourth-order valence-corrected chi connectivity index (χ4v) is 2.37. The Morgan fingerprint density at radius 3 is 2.35 bits per heavy atom. The molecule has 4 heteroatoms. The Bertz CT molecular complexity index is 292. The topological polar surface area (TPSA) is 74.6 Å². The highest BCUT2D eigenvalue weighted by Crippen LogP contribution is 2.35. The standard InChI is InChI=1S/C13H22O4/c1-13(2,3)12(17)5-4-8-9(7-14)11(16)6-10(8)15/h7-11,15-16H,4-6H2,1-3H3/t8-,9+,10-,11+/m0/s1. The molecule has 17 heavy (non-hydrogen) atoms. The molecular weight excluding hydrogens is 220 g/mol. The molecule has 1 aliphatic rings. The molecule has 0 aliphatic heterocycles. The van der Waals surface area contributed by atoms with Crippen molar-refractivity contribution in [1.29, 1.82) is 0 Å². The Balaban J connectivity index is 2.56. The summed E-state index contributed by atoms with van der Waals surface area (Å²) in [5, 5.41) is 19.3. The number of hydrogen-bond acceptors (Lipinski definition) is 4. The Morgan fingerprint density at radius 2 is 1.88 bits per heavy atom. The van der Waals surface area contributed by atoms with Gasteiger partial charge in [0.25, 0.3) is 0 Å². The fourth-order valence-electron chi connectivity index (χ4n) is 2.37. The molecule has 0 unspecified atom stereocenters. The van der Waals surface area contributed by atoms with Crippen LogP contribution in [0.5, 0.6) is 0 Å². The van der Waals surface area contributed by atoms with Gasteiger partial charge in [-0.1, -0.05) is 20.8 Å². The molecule has 0 aromatic carbocycles. The van der Waals surface area contributed by atoms with Crippen molar-refractivity contribution in [2.75, 3.05) is 0 Å². The molecule has 1 saturated carbocycles. The number of rotatable bonds is 4. The maximum Gasteiger partial charge on any atom is 0.138 e. The van der Waals surface area contributed by atoms with Gasteiger partial charge in [-0.05, 0) is 12.3 Å². The van der Waals surface area contributed by atoms with Gasteiger partial charge in [0.15, 0.2) is 0 Å². The van der Waals surface area contributed by atoms with Crippen molar-refractivity contribution >= 4 is 12.1 Å². The normalized spacial score (nSPS) is 33.7. The van der Waals surface area contributed by atoms with Crippen LogP contribution in [0.3, 0.4) is 0 Å². The molecule has 0 bridgehead atoms. The van der Waals surface area contributed by atoms with Gasteiger partial charge in [0.1, 0.15) is 12.1 Å². The van der Waals surface area contributed by atoms with Crippen LogP contribution in [0.25, 0.3) is 0 Å². The molecule has 4 nitrogen and oxygen atoms in total. The number of carbonyl (C=O) groups excluding carboxylic acids is 2. The largest absolute Gasteiger partial charge is 0.393 e. The molecule has 0 amide bonds. The lowest BCUT2D eigenvalue weighted by atomic mass is 9.83. The van der Waals surface area contributed by atoms with E-state index in [-0.39, 0.29) is 18.1 Å². The van der Waals surface area contributed by atoms with Crippen molar-refractivity contribution in [2.45, 2.75) is 52.2 Å². The van der Waals surface area contributed by atoms with Gasteiger partial charge in [0, 0.05) is 24.2 Å². The van der Waals surface area contributed by atoms with Gasteiger partial charge in [-0.2, -0.15) is 0 Å². The Hall–Kier alpha value is -0.740. The molecular formula is C13H22O4. The smallest absolute Gasteiger partial charge is 0.138 e. The molecule has 0 radical (unpaired) electrons. The summed E-state index contributed by atoms with van der Waals surface area (Å²) in [5.41, 5.74) is -0.390. The second kappa shape index (κ2) is 5.27. The number of carbonyl (C=O) groups is 2. The number of ketones is 1. The van der Waals surface area contributed by atoms with Gasteiger partial charge in [0.2, 0.25) is 0 Å². The molecule has 2 N–H and O–H groups in total. The van der Waals surface area contributed by atoms with Crippen LogP contribution < -0.4 is 0 Å². The predicted molar refractivity (Wildman–Crippen MR) is 63.4 cm³/mol. The molecule has 1 rings (SSSR count). The lowest BCUT2D eigenvalue weighted by Gasteiger charge is -2.21. The number of aliphatic hydroxyl groups is 2. The van der Waals surface area contributed by atoms with Gasteiger partial charge in [-0.25, -0.2) is 0 Å². The number of aldehydes is 1. The van der Waals surface area contributed by atoms with Gasteiger partial charge >= 0.3 is 0 Å². The first-order valence-corrected chi connectivity index (χ1v) is 6.12. The average molecular weight is 242 g/mol. The second-order valence-corrected chi connectivity index (χ2v) is 5.96. The third-order valence-corrected chi connectivity index (χ3v) is 3.61. The van der Waals surface area contributed by atoms with Crippen LogP contribution >= 0.6 is 0 Å². The molecule has 0 heterocycles. The zero-order chi connectivity index (χ0) is 13.2.